The number of ether oxygens (including phenoxy) is 3. The summed E-state index contributed by atoms with van der Waals surface area (Å²) >= 11 is 4.82. The predicted molar refractivity (Wildman–Crippen MR) is 169 cm³/mol. The molecule has 4 aromatic rings. The normalized spacial score (nSPS) is 14.7. The second-order valence-electron chi connectivity index (χ2n) is 9.49. The van der Waals surface area contributed by atoms with Gasteiger partial charge < -0.3 is 14.2 Å². The Morgan fingerprint density at radius 2 is 1.95 bits per heavy atom. The first kappa shape index (κ1) is 29.4. The molecule has 2 heterocycles. The van der Waals surface area contributed by atoms with Crippen LogP contribution in [0.3, 0.4) is 0 Å². The van der Waals surface area contributed by atoms with E-state index in [4.69, 9.17) is 25.6 Å². The number of allylic oxidation sites excluding steroid dienone is 1. The lowest BCUT2D eigenvalue weighted by molar-refractivity contribution is -0.139. The number of esters is 1. The molecule has 1 aliphatic heterocycles. The quantitative estimate of drug-likeness (QED) is 0.177. The average Bonchev–Trinajstić information content (AvgIpc) is 3.30. The Labute approximate surface area is 255 Å². The van der Waals surface area contributed by atoms with Gasteiger partial charge in [0.05, 0.1) is 29.5 Å². The van der Waals surface area contributed by atoms with Gasteiger partial charge in [0.1, 0.15) is 24.1 Å². The summed E-state index contributed by atoms with van der Waals surface area (Å²) in [6.45, 7) is 4.06. The molecule has 0 spiro atoms. The summed E-state index contributed by atoms with van der Waals surface area (Å²) in [5.74, 6) is 3.11. The van der Waals surface area contributed by atoms with Gasteiger partial charge in [-0.15, -0.1) is 6.42 Å². The molecule has 0 N–H and O–H groups in total. The highest BCUT2D eigenvalue weighted by Gasteiger charge is 2.36. The van der Waals surface area contributed by atoms with Crippen molar-refractivity contribution in [1.29, 1.82) is 0 Å². The molecule has 0 radical (unpaired) electrons. The van der Waals surface area contributed by atoms with Crippen LogP contribution in [0.4, 0.5) is 0 Å². The van der Waals surface area contributed by atoms with Crippen LogP contribution in [-0.4, -0.2) is 30.9 Å². The van der Waals surface area contributed by atoms with Crippen LogP contribution in [0.5, 0.6) is 11.5 Å². The number of carbonyl (C=O) groups excluding carboxylic acids is 1. The van der Waals surface area contributed by atoms with Crippen LogP contribution in [0.1, 0.15) is 43.9 Å². The largest absolute Gasteiger partial charge is 0.496 e. The van der Waals surface area contributed by atoms with Gasteiger partial charge in [0.15, 0.2) is 4.80 Å². The van der Waals surface area contributed by atoms with Crippen molar-refractivity contribution >= 4 is 50.1 Å². The molecule has 5 rings (SSSR count). The molecule has 3 aromatic carbocycles. The molecule has 0 saturated carbocycles. The minimum absolute atomic E-state index is 0.0897. The molecule has 42 heavy (non-hydrogen) atoms. The van der Waals surface area contributed by atoms with E-state index in [0.717, 1.165) is 27.2 Å². The van der Waals surface area contributed by atoms with Gasteiger partial charge in [-0.1, -0.05) is 76.9 Å². The molecule has 0 amide bonds. The fourth-order valence-electron chi connectivity index (χ4n) is 5.13. The van der Waals surface area contributed by atoms with Crippen molar-refractivity contribution in [2.24, 2.45) is 4.99 Å². The third-order valence-corrected chi connectivity index (χ3v) is 8.37. The highest BCUT2D eigenvalue weighted by molar-refractivity contribution is 9.10. The zero-order chi connectivity index (χ0) is 29.8. The fourth-order valence-corrected chi connectivity index (χ4v) is 6.52. The third-order valence-electron chi connectivity index (χ3n) is 6.90. The summed E-state index contributed by atoms with van der Waals surface area (Å²) in [6, 6.07) is 16.4. The van der Waals surface area contributed by atoms with Gasteiger partial charge >= 0.3 is 5.97 Å². The number of hydrogen-bond acceptors (Lipinski definition) is 7. The summed E-state index contributed by atoms with van der Waals surface area (Å²) in [7, 11) is 1.56. The molecular weight excluding hydrogens is 616 g/mol. The molecule has 9 heteroatoms. The number of rotatable bonds is 9. The number of terminal acetylenes is 1. The summed E-state index contributed by atoms with van der Waals surface area (Å²) < 4.78 is 19.9. The zero-order valence-corrected chi connectivity index (χ0v) is 25.9. The minimum Gasteiger partial charge on any atom is -0.496 e. The van der Waals surface area contributed by atoms with Crippen LogP contribution in [0.25, 0.3) is 16.8 Å². The third kappa shape index (κ3) is 5.52. The standard InChI is InChI=1S/C33H29BrN2O5S/c1-5-10-25-29(32(38)40-7-3)30(24-18-21(34)14-16-26(24)39-4)36-31(37)28(42-33(36)35-25)19-23-22-12-9-8-11-20(22)13-15-27(23)41-17-6-2/h2,8-9,11-16,18-19,30H,5,7,10,17H2,1,3-4H3/b28-19+/t30-/m0/s1. The van der Waals surface area contributed by atoms with Crippen LogP contribution in [0, 0.1) is 12.3 Å². The number of hydrogen-bond donors (Lipinski definition) is 0. The van der Waals surface area contributed by atoms with E-state index in [0.29, 0.717) is 44.1 Å². The summed E-state index contributed by atoms with van der Waals surface area (Å²) in [5.41, 5.74) is 2.02. The van der Waals surface area contributed by atoms with Gasteiger partial charge in [-0.25, -0.2) is 9.79 Å². The molecule has 7 nitrogen and oxygen atoms in total. The Hall–Kier alpha value is -4.13. The summed E-state index contributed by atoms with van der Waals surface area (Å²) in [5, 5.41) is 1.91. The molecule has 0 unspecified atom stereocenters. The van der Waals surface area contributed by atoms with Gasteiger partial charge in [-0.05, 0) is 54.5 Å². The zero-order valence-electron chi connectivity index (χ0n) is 23.5. The number of nitrogens with zero attached hydrogens (tertiary/aromatic N) is 2. The Bertz CT molecular complexity index is 1930. The van der Waals surface area contributed by atoms with Crippen molar-refractivity contribution in [3.05, 3.63) is 101 Å². The lowest BCUT2D eigenvalue weighted by atomic mass is 9.93. The van der Waals surface area contributed by atoms with Crippen molar-refractivity contribution in [2.75, 3.05) is 20.3 Å². The maximum absolute atomic E-state index is 14.3. The maximum atomic E-state index is 14.3. The van der Waals surface area contributed by atoms with Crippen molar-refractivity contribution in [1.82, 2.24) is 4.57 Å². The monoisotopic (exact) mass is 644 g/mol. The molecule has 0 aliphatic carbocycles. The van der Waals surface area contributed by atoms with Crippen LogP contribution < -0.4 is 24.4 Å². The summed E-state index contributed by atoms with van der Waals surface area (Å²) in [4.78, 5) is 33.2. The number of aromatic nitrogens is 1. The van der Waals surface area contributed by atoms with E-state index in [9.17, 15) is 9.59 Å². The molecule has 1 aromatic heterocycles. The Morgan fingerprint density at radius 1 is 1.17 bits per heavy atom. The van der Waals surface area contributed by atoms with Gasteiger partial charge in [-0.2, -0.15) is 0 Å². The second-order valence-corrected chi connectivity index (χ2v) is 11.4. The SMILES string of the molecule is C#CCOc1ccc2ccccc2c1/C=c1/sc2n(c1=O)[C@@H](c1cc(Br)ccc1OC)C(C(=O)OCC)=C(CCC)N=2. The van der Waals surface area contributed by atoms with Gasteiger partial charge in [-0.3, -0.25) is 9.36 Å². The number of carbonyl (C=O) groups is 1. The molecule has 0 bridgehead atoms. The van der Waals surface area contributed by atoms with E-state index >= 15 is 0 Å². The number of fused-ring (bicyclic) bond motifs is 2. The van der Waals surface area contributed by atoms with Crippen molar-refractivity contribution < 1.29 is 19.0 Å². The van der Waals surface area contributed by atoms with E-state index in [-0.39, 0.29) is 18.8 Å². The predicted octanol–water partition coefficient (Wildman–Crippen LogP) is 5.51. The first-order chi connectivity index (χ1) is 20.4. The van der Waals surface area contributed by atoms with Gasteiger partial charge in [0.2, 0.25) is 0 Å². The first-order valence-corrected chi connectivity index (χ1v) is 15.2. The Balaban J connectivity index is 1.84. The smallest absolute Gasteiger partial charge is 0.338 e. The Kier molecular flexibility index (Phi) is 8.95. The van der Waals surface area contributed by atoms with Gasteiger partial charge in [0.25, 0.3) is 5.56 Å². The highest BCUT2D eigenvalue weighted by atomic mass is 79.9. The second kappa shape index (κ2) is 12.8. The van der Waals surface area contributed by atoms with Crippen molar-refractivity contribution in [2.45, 2.75) is 32.7 Å². The molecule has 214 valence electrons. The summed E-state index contributed by atoms with van der Waals surface area (Å²) in [6.07, 6.45) is 8.59. The van der Waals surface area contributed by atoms with Crippen LogP contribution in [-0.2, 0) is 9.53 Å². The Morgan fingerprint density at radius 3 is 2.69 bits per heavy atom. The van der Waals surface area contributed by atoms with Crippen LogP contribution in [0.2, 0.25) is 0 Å². The molecule has 0 fully saturated rings. The molecular formula is C33H29BrN2O5S. The highest BCUT2D eigenvalue weighted by Crippen LogP contribution is 2.38. The van der Waals surface area contributed by atoms with Crippen molar-refractivity contribution in [3.63, 3.8) is 0 Å². The molecule has 1 aliphatic rings. The van der Waals surface area contributed by atoms with E-state index in [1.54, 1.807) is 18.6 Å². The topological polar surface area (TPSA) is 79.1 Å². The van der Waals surface area contributed by atoms with Crippen LogP contribution >= 0.6 is 27.3 Å². The minimum atomic E-state index is -0.805. The van der Waals surface area contributed by atoms with E-state index in [1.165, 1.54) is 11.3 Å². The van der Waals surface area contributed by atoms with Gasteiger partial charge in [0, 0.05) is 15.6 Å². The number of halogens is 1. The molecule has 1 atom stereocenters. The lowest BCUT2D eigenvalue weighted by Crippen LogP contribution is -2.40. The van der Waals surface area contributed by atoms with Crippen molar-refractivity contribution in [3.8, 4) is 23.8 Å². The average molecular weight is 646 g/mol. The first-order valence-electron chi connectivity index (χ1n) is 13.5. The fraction of sp³-hybridized carbons (Fsp3) is 0.242. The molecule has 0 saturated heterocycles. The number of thiazole rings is 1. The van der Waals surface area contributed by atoms with Crippen LogP contribution in [0.15, 0.2) is 80.1 Å². The number of benzene rings is 3. The van der Waals surface area contributed by atoms with E-state index in [2.05, 4.69) is 21.9 Å². The van der Waals surface area contributed by atoms with E-state index in [1.807, 2.05) is 67.6 Å². The van der Waals surface area contributed by atoms with E-state index < -0.39 is 12.0 Å². The number of methoxy groups -OCH3 is 1. The maximum Gasteiger partial charge on any atom is 0.338 e. The lowest BCUT2D eigenvalue weighted by Gasteiger charge is -2.27.